The average Bonchev–Trinajstić information content (AvgIpc) is 2.91. The highest BCUT2D eigenvalue weighted by molar-refractivity contribution is 5.71. The first kappa shape index (κ1) is 16.7. The predicted molar refractivity (Wildman–Crippen MR) is 74.3 cm³/mol. The van der Waals surface area contributed by atoms with E-state index in [0.29, 0.717) is 11.3 Å². The number of ether oxygens (including phenoxy) is 3. The van der Waals surface area contributed by atoms with E-state index in [1.807, 2.05) is 0 Å². The molecule has 124 valence electrons. The lowest BCUT2D eigenvalue weighted by Gasteiger charge is -2.14. The third kappa shape index (κ3) is 5.24. The van der Waals surface area contributed by atoms with Crippen molar-refractivity contribution < 1.29 is 32.3 Å². The Kier molecular flexibility index (Phi) is 5.51. The smallest absolute Gasteiger partial charge is 0.387 e. The van der Waals surface area contributed by atoms with E-state index < -0.39 is 18.7 Å². The summed E-state index contributed by atoms with van der Waals surface area (Å²) in [4.78, 5) is 11.7. The summed E-state index contributed by atoms with van der Waals surface area (Å²) in [7, 11) is 0. The van der Waals surface area contributed by atoms with Gasteiger partial charge in [-0.05, 0) is 36.7 Å². The molecule has 0 aliphatic carbocycles. The molecule has 0 bridgehead atoms. The number of nitrogens with zero attached hydrogens (tertiary/aromatic N) is 1. The van der Waals surface area contributed by atoms with Gasteiger partial charge in [0.2, 0.25) is 0 Å². The largest absolute Gasteiger partial charge is 0.463 e. The lowest BCUT2D eigenvalue weighted by molar-refractivity contribution is -0.151. The van der Waals surface area contributed by atoms with Crippen molar-refractivity contribution in [2.45, 2.75) is 26.6 Å². The van der Waals surface area contributed by atoms with Gasteiger partial charge in [0.25, 0.3) is 5.88 Å². The number of carbonyl (C=O) groups is 1. The predicted octanol–water partition coefficient (Wildman–Crippen LogP) is 3.27. The molecule has 0 unspecified atom stereocenters. The summed E-state index contributed by atoms with van der Waals surface area (Å²) < 4.78 is 43.4. The highest BCUT2D eigenvalue weighted by Gasteiger charge is 2.14. The second-order valence-corrected chi connectivity index (χ2v) is 4.64. The van der Waals surface area contributed by atoms with Gasteiger partial charge in [-0.1, -0.05) is 12.1 Å². The summed E-state index contributed by atoms with van der Waals surface area (Å²) in [6.07, 6.45) is -0.564. The van der Waals surface area contributed by atoms with Gasteiger partial charge in [0.05, 0.1) is 0 Å². The highest BCUT2D eigenvalue weighted by Crippen LogP contribution is 2.21. The van der Waals surface area contributed by atoms with Gasteiger partial charge in [-0.25, -0.2) is 4.79 Å². The fourth-order valence-electron chi connectivity index (χ4n) is 1.76. The van der Waals surface area contributed by atoms with E-state index in [4.69, 9.17) is 14.0 Å². The topological polar surface area (TPSA) is 70.8 Å². The molecule has 0 aliphatic heterocycles. The van der Waals surface area contributed by atoms with Crippen LogP contribution in [-0.4, -0.2) is 24.3 Å². The molecule has 0 N–H and O–H groups in total. The summed E-state index contributed by atoms with van der Waals surface area (Å²) in [5.74, 6) is 0.200. The van der Waals surface area contributed by atoms with Gasteiger partial charge in [0, 0.05) is 6.07 Å². The molecule has 0 fully saturated rings. The Morgan fingerprint density at radius 1 is 1.30 bits per heavy atom. The molecule has 0 radical (unpaired) electrons. The Morgan fingerprint density at radius 3 is 2.57 bits per heavy atom. The molecule has 1 atom stereocenters. The first-order valence-corrected chi connectivity index (χ1v) is 6.74. The van der Waals surface area contributed by atoms with Crippen LogP contribution in [0.4, 0.5) is 8.78 Å². The minimum Gasteiger partial charge on any atom is -0.463 e. The van der Waals surface area contributed by atoms with Crippen LogP contribution in [0.5, 0.6) is 11.6 Å². The number of benzene rings is 1. The maximum atomic E-state index is 12.1. The van der Waals surface area contributed by atoms with Crippen molar-refractivity contribution in [3.8, 4) is 11.6 Å². The van der Waals surface area contributed by atoms with Crippen molar-refractivity contribution in [2.24, 2.45) is 0 Å². The van der Waals surface area contributed by atoms with E-state index in [1.54, 1.807) is 19.9 Å². The first-order chi connectivity index (χ1) is 10.9. The zero-order valence-corrected chi connectivity index (χ0v) is 12.5. The minimum absolute atomic E-state index is 0.0343. The van der Waals surface area contributed by atoms with E-state index in [0.717, 1.165) is 0 Å². The van der Waals surface area contributed by atoms with Gasteiger partial charge in [0.1, 0.15) is 17.6 Å². The lowest BCUT2D eigenvalue weighted by Crippen LogP contribution is -2.17. The van der Waals surface area contributed by atoms with Crippen molar-refractivity contribution in [1.29, 1.82) is 0 Å². The van der Waals surface area contributed by atoms with Crippen molar-refractivity contribution >= 4 is 5.97 Å². The van der Waals surface area contributed by atoms with Crippen molar-refractivity contribution in [3.63, 3.8) is 0 Å². The number of esters is 1. The number of aryl methyl sites for hydroxylation is 1. The van der Waals surface area contributed by atoms with Crippen LogP contribution >= 0.6 is 0 Å². The SMILES string of the molecule is Cc1cc(OCC(=O)O[C@@H](C)c2ccc(OC(F)F)cc2)no1. The summed E-state index contributed by atoms with van der Waals surface area (Å²) in [6.45, 7) is 0.152. The number of carbonyl (C=O) groups excluding carboxylic acids is 1. The summed E-state index contributed by atoms with van der Waals surface area (Å²) in [5, 5.41) is 3.58. The molecule has 0 aliphatic rings. The Labute approximate surface area is 130 Å². The van der Waals surface area contributed by atoms with E-state index in [1.165, 1.54) is 24.3 Å². The number of hydrogen-bond donors (Lipinski definition) is 0. The Balaban J connectivity index is 1.83. The van der Waals surface area contributed by atoms with Crippen LogP contribution in [0.3, 0.4) is 0 Å². The van der Waals surface area contributed by atoms with Gasteiger partial charge in [-0.15, -0.1) is 0 Å². The molecule has 0 saturated carbocycles. The van der Waals surface area contributed by atoms with E-state index in [9.17, 15) is 13.6 Å². The third-order valence-electron chi connectivity index (χ3n) is 2.83. The van der Waals surface area contributed by atoms with Gasteiger partial charge in [-0.2, -0.15) is 8.78 Å². The maximum Gasteiger partial charge on any atom is 0.387 e. The molecular formula is C15H15F2NO5. The molecule has 0 amide bonds. The minimum atomic E-state index is -2.88. The molecule has 0 saturated heterocycles. The zero-order valence-electron chi connectivity index (χ0n) is 12.5. The Hall–Kier alpha value is -2.64. The summed E-state index contributed by atoms with van der Waals surface area (Å²) in [5.41, 5.74) is 0.636. The van der Waals surface area contributed by atoms with Crippen molar-refractivity contribution in [1.82, 2.24) is 5.16 Å². The van der Waals surface area contributed by atoms with E-state index in [-0.39, 0.29) is 18.2 Å². The normalized spacial score (nSPS) is 12.0. The second kappa shape index (κ2) is 7.57. The standard InChI is InChI=1S/C15H15F2NO5/c1-9-7-13(18-23-9)20-8-14(19)21-10(2)11-3-5-12(6-4-11)22-15(16)17/h3-7,10,15H,8H2,1-2H3/t10-/m0/s1. The quantitative estimate of drug-likeness (QED) is 0.727. The van der Waals surface area contributed by atoms with Crippen LogP contribution < -0.4 is 9.47 Å². The monoisotopic (exact) mass is 327 g/mol. The molecule has 1 aromatic heterocycles. The molecule has 2 rings (SSSR count). The molecule has 1 aromatic carbocycles. The fraction of sp³-hybridized carbons (Fsp3) is 0.333. The van der Waals surface area contributed by atoms with Crippen LogP contribution in [-0.2, 0) is 9.53 Å². The van der Waals surface area contributed by atoms with Gasteiger partial charge < -0.3 is 18.7 Å². The van der Waals surface area contributed by atoms with Crippen LogP contribution in [0.1, 0.15) is 24.4 Å². The number of rotatable bonds is 7. The number of hydrogen-bond acceptors (Lipinski definition) is 6. The molecule has 8 heteroatoms. The molecule has 23 heavy (non-hydrogen) atoms. The van der Waals surface area contributed by atoms with E-state index >= 15 is 0 Å². The average molecular weight is 327 g/mol. The third-order valence-corrected chi connectivity index (χ3v) is 2.83. The van der Waals surface area contributed by atoms with Gasteiger partial charge in [-0.3, -0.25) is 0 Å². The van der Waals surface area contributed by atoms with E-state index in [2.05, 4.69) is 9.89 Å². The van der Waals surface area contributed by atoms with Crippen LogP contribution in [0.2, 0.25) is 0 Å². The number of aromatic nitrogens is 1. The van der Waals surface area contributed by atoms with Gasteiger partial charge >= 0.3 is 12.6 Å². The van der Waals surface area contributed by atoms with Crippen LogP contribution in [0, 0.1) is 6.92 Å². The molecule has 1 heterocycles. The fourth-order valence-corrected chi connectivity index (χ4v) is 1.76. The molecule has 2 aromatic rings. The molecule has 0 spiro atoms. The Morgan fingerprint density at radius 2 is 2.00 bits per heavy atom. The lowest BCUT2D eigenvalue weighted by atomic mass is 10.1. The van der Waals surface area contributed by atoms with Crippen LogP contribution in [0.15, 0.2) is 34.9 Å². The number of alkyl halides is 2. The highest BCUT2D eigenvalue weighted by atomic mass is 19.3. The van der Waals surface area contributed by atoms with Crippen LogP contribution in [0.25, 0.3) is 0 Å². The first-order valence-electron chi connectivity index (χ1n) is 6.74. The summed E-state index contributed by atoms with van der Waals surface area (Å²) >= 11 is 0. The van der Waals surface area contributed by atoms with Crippen molar-refractivity contribution in [3.05, 3.63) is 41.7 Å². The van der Waals surface area contributed by atoms with Crippen molar-refractivity contribution in [2.75, 3.05) is 6.61 Å². The second-order valence-electron chi connectivity index (χ2n) is 4.64. The maximum absolute atomic E-state index is 12.1. The zero-order chi connectivity index (χ0) is 16.8. The number of halogens is 2. The Bertz CT molecular complexity index is 642. The summed E-state index contributed by atoms with van der Waals surface area (Å²) in [6, 6.07) is 7.37. The molecule has 6 nitrogen and oxygen atoms in total. The van der Waals surface area contributed by atoms with Gasteiger partial charge in [0.15, 0.2) is 6.61 Å². The molecular weight excluding hydrogens is 312 g/mol.